The Labute approximate surface area is 149 Å². The Balaban J connectivity index is 2.22. The summed E-state index contributed by atoms with van der Waals surface area (Å²) < 4.78 is 5.24. The van der Waals surface area contributed by atoms with E-state index >= 15 is 0 Å². The van der Waals surface area contributed by atoms with Gasteiger partial charge in [-0.25, -0.2) is 0 Å². The zero-order chi connectivity index (χ0) is 18.9. The van der Waals surface area contributed by atoms with Crippen molar-refractivity contribution in [2.24, 2.45) is 10.2 Å². The molecule has 0 bridgehead atoms. The molecule has 0 heterocycles. The van der Waals surface area contributed by atoms with Gasteiger partial charge in [-0.3, -0.25) is 14.9 Å². The van der Waals surface area contributed by atoms with Crippen molar-refractivity contribution in [3.05, 3.63) is 70.3 Å². The van der Waals surface area contributed by atoms with Crippen LogP contribution in [0.1, 0.15) is 24.9 Å². The van der Waals surface area contributed by atoms with Crippen LogP contribution in [-0.2, 0) is 9.53 Å². The molecule has 0 N–H and O–H groups in total. The van der Waals surface area contributed by atoms with Gasteiger partial charge in [0.2, 0.25) is 0 Å². The quantitative estimate of drug-likeness (QED) is 0.319. The number of carbonyl (C=O) groups is 1. The van der Waals surface area contributed by atoms with Gasteiger partial charge in [-0.2, -0.15) is 15.5 Å². The molecule has 0 radical (unpaired) electrons. The smallest absolute Gasteiger partial charge is 0.320 e. The lowest BCUT2D eigenvalue weighted by Gasteiger charge is -2.19. The van der Waals surface area contributed by atoms with Crippen LogP contribution in [0.25, 0.3) is 0 Å². The lowest BCUT2D eigenvalue weighted by Crippen LogP contribution is -2.21. The molecule has 0 aliphatic carbocycles. The molecule has 132 valence electrons. The Hall–Kier alpha value is -3.60. The summed E-state index contributed by atoms with van der Waals surface area (Å²) in [7, 11) is 0. The van der Waals surface area contributed by atoms with Crippen LogP contribution in [0.3, 0.4) is 0 Å². The molecular weight excluding hydrogens is 336 g/mol. The van der Waals surface area contributed by atoms with E-state index in [2.05, 4.69) is 10.2 Å². The summed E-state index contributed by atoms with van der Waals surface area (Å²) in [6.45, 7) is 1.67. The largest absolute Gasteiger partial charge is 0.459 e. The van der Waals surface area contributed by atoms with E-state index in [1.807, 2.05) is 30.3 Å². The van der Waals surface area contributed by atoms with Crippen LogP contribution in [-0.4, -0.2) is 17.0 Å². The molecule has 0 aliphatic rings. The number of hydrogen-bond acceptors (Lipinski definition) is 7. The summed E-state index contributed by atoms with van der Waals surface area (Å²) in [5.41, 5.74) is 1.19. The molecule has 0 spiro atoms. The molecule has 0 aliphatic heterocycles. The highest BCUT2D eigenvalue weighted by molar-refractivity contribution is 5.72. The molecule has 2 aromatic carbocycles. The van der Waals surface area contributed by atoms with Gasteiger partial charge in [0.1, 0.15) is 18.6 Å². The second kappa shape index (κ2) is 9.03. The molecule has 2 aromatic rings. The van der Waals surface area contributed by atoms with Crippen molar-refractivity contribution in [1.82, 2.24) is 0 Å². The minimum atomic E-state index is -0.639. The molecule has 8 heteroatoms. The number of non-ortho nitro benzene ring substituents is 1. The molecule has 0 amide bonds. The normalized spacial score (nSPS) is 12.9. The average Bonchev–Trinajstić information content (AvgIpc) is 2.63. The van der Waals surface area contributed by atoms with Crippen LogP contribution < -0.4 is 0 Å². The van der Waals surface area contributed by atoms with Crippen LogP contribution in [0.2, 0.25) is 0 Å². The maximum Gasteiger partial charge on any atom is 0.320 e. The zero-order valence-electron chi connectivity index (χ0n) is 14.0. The van der Waals surface area contributed by atoms with E-state index < -0.39 is 23.0 Å². The first-order valence-corrected chi connectivity index (χ1v) is 7.78. The van der Waals surface area contributed by atoms with Gasteiger partial charge in [-0.1, -0.05) is 30.3 Å². The third-order valence-corrected chi connectivity index (χ3v) is 3.48. The number of rotatable bonds is 7. The Morgan fingerprint density at radius 3 is 2.46 bits per heavy atom. The van der Waals surface area contributed by atoms with Crippen LogP contribution in [0.5, 0.6) is 0 Å². The molecule has 0 aromatic heterocycles. The number of nitrogens with zero attached hydrogens (tertiary/aromatic N) is 4. The number of nitriles is 1. The van der Waals surface area contributed by atoms with Gasteiger partial charge < -0.3 is 4.74 Å². The Morgan fingerprint density at radius 1 is 1.23 bits per heavy atom. The summed E-state index contributed by atoms with van der Waals surface area (Å²) >= 11 is 0. The van der Waals surface area contributed by atoms with Gasteiger partial charge in [0.25, 0.3) is 5.69 Å². The van der Waals surface area contributed by atoms with Gasteiger partial charge >= 0.3 is 5.97 Å². The van der Waals surface area contributed by atoms with Crippen molar-refractivity contribution in [2.75, 3.05) is 0 Å². The SMILES string of the molecule is CC(OC(=O)CC#N)C(N=Nc1ccc([N+](=O)[O-])cc1)c1ccccc1. The summed E-state index contributed by atoms with van der Waals surface area (Å²) in [4.78, 5) is 21.8. The molecule has 0 saturated heterocycles. The Morgan fingerprint density at radius 2 is 1.88 bits per heavy atom. The van der Waals surface area contributed by atoms with E-state index in [9.17, 15) is 14.9 Å². The summed E-state index contributed by atoms with van der Waals surface area (Å²) in [5.74, 6) is -0.633. The number of nitro groups is 1. The lowest BCUT2D eigenvalue weighted by molar-refractivity contribution is -0.384. The van der Waals surface area contributed by atoms with E-state index in [0.29, 0.717) is 5.69 Å². The number of carbonyl (C=O) groups excluding carboxylic acids is 1. The molecule has 26 heavy (non-hydrogen) atoms. The van der Waals surface area contributed by atoms with Crippen molar-refractivity contribution in [3.8, 4) is 6.07 Å². The van der Waals surface area contributed by atoms with Crippen molar-refractivity contribution >= 4 is 17.3 Å². The number of nitro benzene ring substituents is 1. The fraction of sp³-hybridized carbons (Fsp3) is 0.222. The van der Waals surface area contributed by atoms with E-state index in [1.54, 1.807) is 13.0 Å². The fourth-order valence-electron chi connectivity index (χ4n) is 2.23. The zero-order valence-corrected chi connectivity index (χ0v) is 14.0. The lowest BCUT2D eigenvalue weighted by atomic mass is 10.0. The first-order chi connectivity index (χ1) is 12.5. The van der Waals surface area contributed by atoms with Crippen molar-refractivity contribution in [3.63, 3.8) is 0 Å². The van der Waals surface area contributed by atoms with Crippen molar-refractivity contribution < 1.29 is 14.5 Å². The van der Waals surface area contributed by atoms with Gasteiger partial charge in [-0.05, 0) is 24.6 Å². The summed E-state index contributed by atoms with van der Waals surface area (Å²) in [6, 6.07) is 16.0. The van der Waals surface area contributed by atoms with Gasteiger partial charge in [0, 0.05) is 12.1 Å². The monoisotopic (exact) mass is 352 g/mol. The number of hydrogen-bond donors (Lipinski definition) is 0. The van der Waals surface area contributed by atoms with E-state index in [-0.39, 0.29) is 12.1 Å². The minimum absolute atomic E-state index is 0.0395. The van der Waals surface area contributed by atoms with Crippen LogP contribution in [0, 0.1) is 21.4 Å². The topological polar surface area (TPSA) is 118 Å². The van der Waals surface area contributed by atoms with E-state index in [1.165, 1.54) is 24.3 Å². The number of ether oxygens (including phenoxy) is 1. The first kappa shape index (κ1) is 18.7. The average molecular weight is 352 g/mol. The van der Waals surface area contributed by atoms with Crippen LogP contribution in [0.4, 0.5) is 11.4 Å². The van der Waals surface area contributed by atoms with Crippen molar-refractivity contribution in [1.29, 1.82) is 5.26 Å². The van der Waals surface area contributed by atoms with Gasteiger partial charge in [0.05, 0.1) is 16.7 Å². The molecule has 8 nitrogen and oxygen atoms in total. The Bertz CT molecular complexity index is 829. The predicted molar refractivity (Wildman–Crippen MR) is 92.6 cm³/mol. The highest BCUT2D eigenvalue weighted by atomic mass is 16.6. The molecule has 0 saturated carbocycles. The third-order valence-electron chi connectivity index (χ3n) is 3.48. The van der Waals surface area contributed by atoms with E-state index in [0.717, 1.165) is 5.56 Å². The van der Waals surface area contributed by atoms with Gasteiger partial charge in [-0.15, -0.1) is 0 Å². The van der Waals surface area contributed by atoms with E-state index in [4.69, 9.17) is 10.00 Å². The highest BCUT2D eigenvalue weighted by Gasteiger charge is 2.22. The maximum atomic E-state index is 11.6. The first-order valence-electron chi connectivity index (χ1n) is 7.78. The predicted octanol–water partition coefficient (Wildman–Crippen LogP) is 4.27. The standard InChI is InChI=1S/C18H16N4O4/c1-13(26-17(23)11-12-19)18(14-5-3-2-4-6-14)21-20-15-7-9-16(10-8-15)22(24)25/h2-10,13,18H,11H2,1H3. The second-order valence-electron chi connectivity index (χ2n) is 5.37. The fourth-order valence-corrected chi connectivity index (χ4v) is 2.23. The van der Waals surface area contributed by atoms with Crippen LogP contribution >= 0.6 is 0 Å². The molecular formula is C18H16N4O4. The third kappa shape index (κ3) is 5.21. The van der Waals surface area contributed by atoms with Crippen molar-refractivity contribution in [2.45, 2.75) is 25.5 Å². The van der Waals surface area contributed by atoms with Crippen LogP contribution in [0.15, 0.2) is 64.8 Å². The Kier molecular flexibility index (Phi) is 6.51. The number of azo groups is 1. The second-order valence-corrected chi connectivity index (χ2v) is 5.37. The summed E-state index contributed by atoms with van der Waals surface area (Å²) in [5, 5.41) is 27.6. The molecule has 2 rings (SSSR count). The summed E-state index contributed by atoms with van der Waals surface area (Å²) in [6.07, 6.45) is -0.981. The van der Waals surface area contributed by atoms with Gasteiger partial charge in [0.15, 0.2) is 0 Å². The maximum absolute atomic E-state index is 11.6. The molecule has 2 atom stereocenters. The molecule has 2 unspecified atom stereocenters. The highest BCUT2D eigenvalue weighted by Crippen LogP contribution is 2.27. The number of esters is 1. The minimum Gasteiger partial charge on any atom is -0.459 e. The molecule has 0 fully saturated rings. The number of benzene rings is 2.